The first kappa shape index (κ1) is 25.1. The van der Waals surface area contributed by atoms with Crippen LogP contribution in [0, 0.1) is 6.92 Å². The van der Waals surface area contributed by atoms with Crippen molar-refractivity contribution in [3.05, 3.63) is 32.6 Å². The lowest BCUT2D eigenvalue weighted by Crippen LogP contribution is -2.58. The van der Waals surface area contributed by atoms with E-state index in [0.717, 1.165) is 4.57 Å². The Hall–Kier alpha value is -1.49. The van der Waals surface area contributed by atoms with Gasteiger partial charge in [0.15, 0.2) is 6.29 Å². The number of nitrogens with one attached hydrogen (secondary N) is 1. The third-order valence-electron chi connectivity index (χ3n) is 5.15. The molecule has 2 aliphatic heterocycles. The van der Waals surface area contributed by atoms with Gasteiger partial charge in [0.2, 0.25) is 0 Å². The lowest BCUT2D eigenvalue weighted by atomic mass is 10.00. The van der Waals surface area contributed by atoms with Crippen molar-refractivity contribution in [2.45, 2.75) is 62.5 Å². The predicted molar refractivity (Wildman–Crippen MR) is 101 cm³/mol. The maximum atomic E-state index is 12.2. The molecule has 1 aromatic rings. The maximum Gasteiger partial charge on any atom is 0.474 e. The Kier molecular flexibility index (Phi) is 7.69. The zero-order valence-electron chi connectivity index (χ0n) is 16.8. The van der Waals surface area contributed by atoms with Crippen LogP contribution in [-0.4, -0.2) is 96.1 Å². The first-order valence-corrected chi connectivity index (χ1v) is 11.0. The monoisotopic (exact) mass is 484 g/mol. The van der Waals surface area contributed by atoms with Crippen molar-refractivity contribution in [1.29, 1.82) is 0 Å². The van der Waals surface area contributed by atoms with Gasteiger partial charge in [-0.25, -0.2) is 9.36 Å². The van der Waals surface area contributed by atoms with Crippen molar-refractivity contribution in [3.8, 4) is 0 Å². The molecule has 1 unspecified atom stereocenters. The summed E-state index contributed by atoms with van der Waals surface area (Å²) in [6.45, 7) is 0.0353. The molecule has 0 amide bonds. The number of ether oxygens (including phenoxy) is 2. The average molecular weight is 484 g/mol. The number of aryl methyl sites for hydroxylation is 1. The number of nitrogens with zero attached hydrogens (tertiary/aromatic N) is 1. The summed E-state index contributed by atoms with van der Waals surface area (Å²) in [7, 11) is -4.94. The van der Waals surface area contributed by atoms with Crippen LogP contribution in [0.5, 0.6) is 0 Å². The van der Waals surface area contributed by atoms with Crippen molar-refractivity contribution in [1.82, 2.24) is 9.55 Å². The van der Waals surface area contributed by atoms with Gasteiger partial charge in [0.05, 0.1) is 19.3 Å². The number of phosphoric ester groups is 1. The Bertz CT molecular complexity index is 964. The van der Waals surface area contributed by atoms with Crippen molar-refractivity contribution >= 4 is 7.82 Å². The third-order valence-corrected chi connectivity index (χ3v) is 6.10. The molecule has 3 heterocycles. The van der Waals surface area contributed by atoms with Gasteiger partial charge in [-0.05, 0) is 6.92 Å². The summed E-state index contributed by atoms with van der Waals surface area (Å²) in [5, 5.41) is 48.6. The molecule has 0 saturated carbocycles. The minimum atomic E-state index is -4.94. The largest absolute Gasteiger partial charge is 0.474 e. The standard InChI is InChI=1S/C16H25N2O13P/c1-6-3-18(16(25)17-14(6)24)10-2-7(20)9(29-10)5-28-32(26,27)31-15-13(23)12(22)11(21)8(4-19)30-15/h3,7-13,15,19-23H,2,4-5H2,1H3,(H,26,27)(H,17,24,25)/t7-,8+,9+,10+,11-,12-,13+,15+/m0/s1. The van der Waals surface area contributed by atoms with Crippen LogP contribution in [0.2, 0.25) is 0 Å². The number of hydrogen-bond acceptors (Lipinski definition) is 12. The van der Waals surface area contributed by atoms with Gasteiger partial charge in [0.1, 0.15) is 36.7 Å². The fourth-order valence-corrected chi connectivity index (χ4v) is 4.15. The lowest BCUT2D eigenvalue weighted by Gasteiger charge is -2.39. The molecular formula is C16H25N2O13P. The van der Waals surface area contributed by atoms with E-state index in [-0.39, 0.29) is 12.0 Å². The molecule has 2 aliphatic rings. The van der Waals surface area contributed by atoms with E-state index in [2.05, 4.69) is 4.98 Å². The fraction of sp³-hybridized carbons (Fsp3) is 0.750. The highest BCUT2D eigenvalue weighted by Crippen LogP contribution is 2.47. The van der Waals surface area contributed by atoms with Gasteiger partial charge in [-0.3, -0.25) is 23.4 Å². The summed E-state index contributed by atoms with van der Waals surface area (Å²) < 4.78 is 33.3. The second kappa shape index (κ2) is 9.79. The lowest BCUT2D eigenvalue weighted by molar-refractivity contribution is -0.281. The molecule has 1 aromatic heterocycles. The van der Waals surface area contributed by atoms with Gasteiger partial charge in [0, 0.05) is 18.2 Å². The molecule has 0 aromatic carbocycles. The highest BCUT2D eigenvalue weighted by molar-refractivity contribution is 7.47. The SMILES string of the molecule is Cc1cn([C@H]2C[C@H](O)[C@@H](COP(=O)(O)O[C@H]3O[C@H](CO)[C@H](O)[C@H](O)[C@H]3O)O2)c(=O)[nH]c1=O. The van der Waals surface area contributed by atoms with Crippen molar-refractivity contribution in [3.63, 3.8) is 0 Å². The summed E-state index contributed by atoms with van der Waals surface area (Å²) in [4.78, 5) is 35.5. The van der Waals surface area contributed by atoms with Crippen LogP contribution in [0.4, 0.5) is 0 Å². The molecule has 0 aliphatic carbocycles. The smallest absolute Gasteiger partial charge is 0.394 e. The van der Waals surface area contributed by atoms with Crippen LogP contribution in [0.1, 0.15) is 18.2 Å². The number of aliphatic hydroxyl groups is 5. The molecule has 9 atom stereocenters. The molecular weight excluding hydrogens is 459 g/mol. The Morgan fingerprint density at radius 1 is 1.16 bits per heavy atom. The highest BCUT2D eigenvalue weighted by atomic mass is 31.2. The first-order chi connectivity index (χ1) is 14.9. The number of aromatic nitrogens is 2. The van der Waals surface area contributed by atoms with Gasteiger partial charge in [-0.2, -0.15) is 0 Å². The Morgan fingerprint density at radius 3 is 2.50 bits per heavy atom. The average Bonchev–Trinajstić information content (AvgIpc) is 3.10. The number of rotatable bonds is 7. The molecule has 0 bridgehead atoms. The topological polar surface area (TPSA) is 230 Å². The number of aliphatic hydroxyl groups excluding tert-OH is 5. The molecule has 0 spiro atoms. The molecule has 0 radical (unpaired) electrons. The van der Waals surface area contributed by atoms with Crippen LogP contribution in [0.3, 0.4) is 0 Å². The number of phosphoric acid groups is 1. The van der Waals surface area contributed by atoms with Crippen molar-refractivity contribution < 1.29 is 53.5 Å². The van der Waals surface area contributed by atoms with E-state index in [1.54, 1.807) is 0 Å². The zero-order chi connectivity index (χ0) is 23.8. The van der Waals surface area contributed by atoms with E-state index in [4.69, 9.17) is 23.6 Å². The van der Waals surface area contributed by atoms with E-state index in [1.165, 1.54) is 13.1 Å². The number of H-pyrrole nitrogens is 1. The van der Waals surface area contributed by atoms with Gasteiger partial charge < -0.3 is 39.9 Å². The summed E-state index contributed by atoms with van der Waals surface area (Å²) >= 11 is 0. The van der Waals surface area contributed by atoms with Gasteiger partial charge in [0.25, 0.3) is 5.56 Å². The second-order valence-electron chi connectivity index (χ2n) is 7.48. The first-order valence-electron chi connectivity index (χ1n) is 9.55. The van der Waals surface area contributed by atoms with E-state index >= 15 is 0 Å². The molecule has 3 rings (SSSR count). The van der Waals surface area contributed by atoms with E-state index < -0.39 is 81.4 Å². The zero-order valence-corrected chi connectivity index (χ0v) is 17.6. The van der Waals surface area contributed by atoms with Crippen LogP contribution >= 0.6 is 7.82 Å². The molecule has 182 valence electrons. The maximum absolute atomic E-state index is 12.2. The van der Waals surface area contributed by atoms with E-state index in [9.17, 15) is 39.5 Å². The molecule has 15 nitrogen and oxygen atoms in total. The molecule has 2 saturated heterocycles. The van der Waals surface area contributed by atoms with E-state index in [1.807, 2.05) is 0 Å². The van der Waals surface area contributed by atoms with Crippen molar-refractivity contribution in [2.75, 3.05) is 13.2 Å². The summed E-state index contributed by atoms with van der Waals surface area (Å²) in [5.74, 6) is 0. The van der Waals surface area contributed by atoms with Crippen molar-refractivity contribution in [2.24, 2.45) is 0 Å². The quantitative estimate of drug-likeness (QED) is 0.186. The van der Waals surface area contributed by atoms with E-state index in [0.29, 0.717) is 0 Å². The van der Waals surface area contributed by atoms with Crippen LogP contribution in [0.25, 0.3) is 0 Å². The Labute approximate surface area is 180 Å². The third kappa shape index (κ3) is 5.35. The van der Waals surface area contributed by atoms with Gasteiger partial charge in [-0.1, -0.05) is 0 Å². The molecule has 32 heavy (non-hydrogen) atoms. The minimum Gasteiger partial charge on any atom is -0.394 e. The van der Waals surface area contributed by atoms with Crippen LogP contribution < -0.4 is 11.2 Å². The van der Waals surface area contributed by atoms with Crippen LogP contribution in [-0.2, 0) is 23.1 Å². The molecule has 2 fully saturated rings. The summed E-state index contributed by atoms with van der Waals surface area (Å²) in [6.07, 6.45) is -10.9. The fourth-order valence-electron chi connectivity index (χ4n) is 3.32. The van der Waals surface area contributed by atoms with Crippen LogP contribution in [0.15, 0.2) is 15.8 Å². The Morgan fingerprint density at radius 2 is 1.84 bits per heavy atom. The number of aromatic amines is 1. The van der Waals surface area contributed by atoms with Gasteiger partial charge >= 0.3 is 13.5 Å². The highest BCUT2D eigenvalue weighted by Gasteiger charge is 2.47. The summed E-state index contributed by atoms with van der Waals surface area (Å²) in [5.41, 5.74) is -1.11. The molecule has 16 heteroatoms. The summed E-state index contributed by atoms with van der Waals surface area (Å²) in [6, 6.07) is 0. The normalized spacial score (nSPS) is 37.3. The van der Waals surface area contributed by atoms with Gasteiger partial charge in [-0.15, -0.1) is 0 Å². The number of hydrogen-bond donors (Lipinski definition) is 7. The molecule has 7 N–H and O–H groups in total. The minimum absolute atomic E-state index is 0.0806. The second-order valence-corrected chi connectivity index (χ2v) is 8.88. The predicted octanol–water partition coefficient (Wildman–Crippen LogP) is -3.57. The Balaban J connectivity index is 1.61.